The van der Waals surface area contributed by atoms with Crippen LogP contribution in [0.15, 0.2) is 63.5 Å². The molecule has 0 saturated heterocycles. The van der Waals surface area contributed by atoms with Gasteiger partial charge < -0.3 is 18.6 Å². The minimum atomic E-state index is -0.285. The van der Waals surface area contributed by atoms with Crippen LogP contribution in [-0.2, 0) is 6.54 Å². The minimum absolute atomic E-state index is 0.173. The van der Waals surface area contributed by atoms with Crippen molar-refractivity contribution in [3.05, 3.63) is 66.2 Å². The Morgan fingerprint density at radius 2 is 1.96 bits per heavy atom. The quantitative estimate of drug-likeness (QED) is 0.537. The predicted octanol–water partition coefficient (Wildman–Crippen LogP) is 3.76. The molecule has 7 nitrogen and oxygen atoms in total. The van der Waals surface area contributed by atoms with Crippen LogP contribution in [0.2, 0.25) is 0 Å². The lowest BCUT2D eigenvalue weighted by atomic mass is 10.2. The van der Waals surface area contributed by atoms with Gasteiger partial charge in [-0.25, -0.2) is 0 Å². The van der Waals surface area contributed by atoms with Crippen molar-refractivity contribution in [1.82, 2.24) is 15.0 Å². The van der Waals surface area contributed by atoms with Gasteiger partial charge in [0.05, 0.1) is 7.11 Å². The number of nitrogens with zero attached hydrogens (tertiary/aromatic N) is 3. The number of aromatic nitrogens is 2. The molecule has 0 fully saturated rings. The molecule has 2 aromatic carbocycles. The summed E-state index contributed by atoms with van der Waals surface area (Å²) in [5.74, 6) is 1.35. The smallest absolute Gasteiger partial charge is 0.289 e. The molecule has 2 heterocycles. The maximum Gasteiger partial charge on any atom is 0.289 e. The van der Waals surface area contributed by atoms with Crippen LogP contribution < -0.4 is 4.74 Å². The van der Waals surface area contributed by atoms with E-state index in [0.29, 0.717) is 23.0 Å². The Kier molecular flexibility index (Phi) is 4.33. The van der Waals surface area contributed by atoms with Crippen LogP contribution >= 0.6 is 0 Å². The highest BCUT2D eigenvalue weighted by Crippen LogP contribution is 2.29. The molecule has 136 valence electrons. The van der Waals surface area contributed by atoms with Gasteiger partial charge in [0.1, 0.15) is 6.54 Å². The normalized spacial score (nSPS) is 10.9. The first-order valence-electron chi connectivity index (χ1n) is 8.35. The van der Waals surface area contributed by atoms with E-state index in [1.165, 1.54) is 4.90 Å². The lowest BCUT2D eigenvalue weighted by molar-refractivity contribution is 0.0740. The number of benzene rings is 2. The Morgan fingerprint density at radius 3 is 2.74 bits per heavy atom. The second-order valence-electron chi connectivity index (χ2n) is 6.03. The topological polar surface area (TPSA) is 81.6 Å². The maximum atomic E-state index is 12.7. The molecule has 0 N–H and O–H groups in total. The fraction of sp³-hybridized carbons (Fsp3) is 0.150. The van der Waals surface area contributed by atoms with E-state index in [9.17, 15) is 4.79 Å². The summed E-state index contributed by atoms with van der Waals surface area (Å²) in [6.07, 6.45) is 0. The van der Waals surface area contributed by atoms with E-state index in [2.05, 4.69) is 10.1 Å². The zero-order valence-corrected chi connectivity index (χ0v) is 14.9. The lowest BCUT2D eigenvalue weighted by Crippen LogP contribution is -2.25. The monoisotopic (exact) mass is 363 g/mol. The Morgan fingerprint density at radius 1 is 1.15 bits per heavy atom. The number of carbonyl (C=O) groups is 1. The second-order valence-corrected chi connectivity index (χ2v) is 6.03. The summed E-state index contributed by atoms with van der Waals surface area (Å²) >= 11 is 0. The van der Waals surface area contributed by atoms with Crippen LogP contribution in [0, 0.1) is 0 Å². The largest absolute Gasteiger partial charge is 0.493 e. The highest BCUT2D eigenvalue weighted by molar-refractivity contribution is 5.97. The Bertz CT molecular complexity index is 1090. The number of fused-ring (bicyclic) bond motifs is 1. The number of ether oxygens (including phenoxy) is 1. The lowest BCUT2D eigenvalue weighted by Gasteiger charge is -2.12. The third kappa shape index (κ3) is 3.27. The van der Waals surface area contributed by atoms with Gasteiger partial charge in [-0.2, -0.15) is 4.98 Å². The molecule has 0 unspecified atom stereocenters. The molecule has 0 aliphatic carbocycles. The number of carbonyl (C=O) groups excluding carboxylic acids is 1. The predicted molar refractivity (Wildman–Crippen MR) is 98.3 cm³/mol. The van der Waals surface area contributed by atoms with Gasteiger partial charge in [-0.05, 0) is 12.1 Å². The molecule has 2 aromatic heterocycles. The Hall–Kier alpha value is -3.61. The summed E-state index contributed by atoms with van der Waals surface area (Å²) < 4.78 is 16.2. The third-order valence-electron chi connectivity index (χ3n) is 4.16. The number of rotatable bonds is 5. The average molecular weight is 363 g/mol. The summed E-state index contributed by atoms with van der Waals surface area (Å²) in [6, 6.07) is 16.7. The van der Waals surface area contributed by atoms with Gasteiger partial charge in [-0.15, -0.1) is 0 Å². The van der Waals surface area contributed by atoms with Crippen molar-refractivity contribution < 1.29 is 18.5 Å². The number of hydrogen-bond acceptors (Lipinski definition) is 6. The van der Waals surface area contributed by atoms with E-state index < -0.39 is 0 Å². The number of amides is 1. The highest BCUT2D eigenvalue weighted by Gasteiger charge is 2.20. The van der Waals surface area contributed by atoms with Crippen LogP contribution in [0.5, 0.6) is 5.75 Å². The molecule has 0 bridgehead atoms. The van der Waals surface area contributed by atoms with Crippen LogP contribution in [0.3, 0.4) is 0 Å². The molecule has 0 saturated carbocycles. The van der Waals surface area contributed by atoms with Crippen molar-refractivity contribution in [2.45, 2.75) is 6.54 Å². The Labute approximate surface area is 155 Å². The van der Waals surface area contributed by atoms with Gasteiger partial charge >= 0.3 is 0 Å². The number of hydrogen-bond donors (Lipinski definition) is 0. The fourth-order valence-electron chi connectivity index (χ4n) is 2.79. The van der Waals surface area contributed by atoms with E-state index in [1.54, 1.807) is 26.3 Å². The molecule has 0 atom stereocenters. The van der Waals surface area contributed by atoms with E-state index in [1.807, 2.05) is 42.5 Å². The van der Waals surface area contributed by atoms with E-state index >= 15 is 0 Å². The third-order valence-corrected chi connectivity index (χ3v) is 4.16. The highest BCUT2D eigenvalue weighted by atomic mass is 16.5. The van der Waals surface area contributed by atoms with Crippen LogP contribution in [0.25, 0.3) is 22.4 Å². The molecule has 0 aliphatic rings. The van der Waals surface area contributed by atoms with Crippen molar-refractivity contribution >= 4 is 16.9 Å². The second kappa shape index (κ2) is 6.95. The fourth-order valence-corrected chi connectivity index (χ4v) is 2.79. The molecule has 0 aliphatic heterocycles. The van der Waals surface area contributed by atoms with Gasteiger partial charge in [0.15, 0.2) is 17.1 Å². The molecule has 7 heteroatoms. The summed E-state index contributed by atoms with van der Waals surface area (Å²) in [5, 5.41) is 4.77. The first kappa shape index (κ1) is 16.8. The van der Waals surface area contributed by atoms with Crippen LogP contribution in [0.1, 0.15) is 16.4 Å². The van der Waals surface area contributed by atoms with E-state index in [-0.39, 0.29) is 18.2 Å². The summed E-state index contributed by atoms with van der Waals surface area (Å²) in [6.45, 7) is 0.173. The molecule has 4 aromatic rings. The molecule has 1 amide bonds. The number of para-hydroxylation sites is 1. The molecule has 4 rings (SSSR count). The van der Waals surface area contributed by atoms with Gasteiger partial charge in [-0.3, -0.25) is 4.79 Å². The summed E-state index contributed by atoms with van der Waals surface area (Å²) in [7, 11) is 3.21. The molecule has 0 radical (unpaired) electrons. The van der Waals surface area contributed by atoms with Crippen molar-refractivity contribution in [3.63, 3.8) is 0 Å². The molecular weight excluding hydrogens is 346 g/mol. The van der Waals surface area contributed by atoms with Gasteiger partial charge in [-0.1, -0.05) is 47.6 Å². The molecular formula is C20H17N3O4. The zero-order chi connectivity index (χ0) is 18.8. The maximum absolute atomic E-state index is 12.7. The summed E-state index contributed by atoms with van der Waals surface area (Å²) in [5.41, 5.74) is 1.40. The first-order valence-corrected chi connectivity index (χ1v) is 8.35. The van der Waals surface area contributed by atoms with Crippen molar-refractivity contribution in [3.8, 4) is 17.1 Å². The van der Waals surface area contributed by atoms with E-state index in [4.69, 9.17) is 13.7 Å². The minimum Gasteiger partial charge on any atom is -0.493 e. The standard InChI is InChI=1S/C20H17N3O4/c1-23(12-17-21-19(22-27-17)13-7-4-3-5-8-13)20(24)16-11-14-9-6-10-15(25-2)18(14)26-16/h3-11H,12H2,1-2H3. The van der Waals surface area contributed by atoms with Gasteiger partial charge in [0, 0.05) is 18.0 Å². The SMILES string of the molecule is COc1cccc2cc(C(=O)N(C)Cc3nc(-c4ccccc4)no3)oc12. The zero-order valence-electron chi connectivity index (χ0n) is 14.9. The van der Waals surface area contributed by atoms with Crippen molar-refractivity contribution in [1.29, 1.82) is 0 Å². The summed E-state index contributed by atoms with van der Waals surface area (Å²) in [4.78, 5) is 18.5. The van der Waals surface area contributed by atoms with Gasteiger partial charge in [0.2, 0.25) is 11.7 Å². The van der Waals surface area contributed by atoms with Gasteiger partial charge in [0.25, 0.3) is 5.91 Å². The number of methoxy groups -OCH3 is 1. The first-order chi connectivity index (χ1) is 13.2. The van der Waals surface area contributed by atoms with Crippen molar-refractivity contribution in [2.24, 2.45) is 0 Å². The van der Waals surface area contributed by atoms with E-state index in [0.717, 1.165) is 10.9 Å². The average Bonchev–Trinajstić information content (AvgIpc) is 3.34. The molecule has 27 heavy (non-hydrogen) atoms. The number of furan rings is 1. The van der Waals surface area contributed by atoms with Crippen LogP contribution in [-0.4, -0.2) is 35.1 Å². The molecule has 0 spiro atoms. The Balaban J connectivity index is 1.52. The van der Waals surface area contributed by atoms with Crippen LogP contribution in [0.4, 0.5) is 0 Å². The van der Waals surface area contributed by atoms with Crippen molar-refractivity contribution in [2.75, 3.05) is 14.2 Å².